The van der Waals surface area contributed by atoms with Gasteiger partial charge in [0.15, 0.2) is 6.29 Å². The van der Waals surface area contributed by atoms with Gasteiger partial charge in [-0.25, -0.2) is 0 Å². The van der Waals surface area contributed by atoms with E-state index in [1.54, 1.807) is 0 Å². The number of azide groups is 3. The summed E-state index contributed by atoms with van der Waals surface area (Å²) in [7, 11) is 1.83. The third kappa shape index (κ3) is 8.17. The van der Waals surface area contributed by atoms with E-state index in [4.69, 9.17) is 30.0 Å². The van der Waals surface area contributed by atoms with Crippen LogP contribution in [0.25, 0.3) is 31.3 Å². The molecule has 4 rings (SSSR count). The summed E-state index contributed by atoms with van der Waals surface area (Å²) in [5.74, 6) is -0.0126. The first-order valence-electron chi connectivity index (χ1n) is 14.4. The molecular formula is C29H38N10O4. The van der Waals surface area contributed by atoms with Crippen LogP contribution in [0.2, 0.25) is 0 Å². The quantitative estimate of drug-likeness (QED) is 0.164. The van der Waals surface area contributed by atoms with Crippen molar-refractivity contribution in [2.24, 2.45) is 27.2 Å². The van der Waals surface area contributed by atoms with E-state index in [-0.39, 0.29) is 49.8 Å². The Labute approximate surface area is 250 Å². The standard InChI is InChI=1S/C29H38N10O4/c1-18-19(2)26(23(33-3)14-22(18)35-38-31)43-29-25(36-39-32)28(41-17-21-12-8-5-9-13-21)27(24(42-29)15-34-37-30)40-16-20-10-6-4-7-11-20/h4-13,18-19,22-29,33H,14-17H2,1-3H3/t18?,19-,22+,23?,24?,25?,26+,27-,28-,29-/m1/s1. The number of benzene rings is 2. The summed E-state index contributed by atoms with van der Waals surface area (Å²) in [5.41, 5.74) is 29.8. The van der Waals surface area contributed by atoms with Gasteiger partial charge < -0.3 is 24.3 Å². The van der Waals surface area contributed by atoms with Crippen molar-refractivity contribution in [1.29, 1.82) is 0 Å². The van der Waals surface area contributed by atoms with Crippen LogP contribution in [0.5, 0.6) is 0 Å². The minimum atomic E-state index is -1.03. The highest BCUT2D eigenvalue weighted by Crippen LogP contribution is 2.38. The molecule has 1 aliphatic heterocycles. The van der Waals surface area contributed by atoms with Gasteiger partial charge in [-0.2, -0.15) is 0 Å². The first-order valence-corrected chi connectivity index (χ1v) is 14.4. The Kier molecular flexibility index (Phi) is 12.0. The Hall–Kier alpha value is -3.83. The van der Waals surface area contributed by atoms with Gasteiger partial charge in [0.1, 0.15) is 18.2 Å². The number of nitrogens with zero attached hydrogens (tertiary/aromatic N) is 9. The molecule has 4 unspecified atom stereocenters. The van der Waals surface area contributed by atoms with Gasteiger partial charge in [-0.3, -0.25) is 0 Å². The normalized spacial score (nSPS) is 32.1. The molecule has 2 aliphatic rings. The molecule has 1 saturated heterocycles. The molecule has 2 aromatic carbocycles. The van der Waals surface area contributed by atoms with Gasteiger partial charge >= 0.3 is 0 Å². The molecule has 14 nitrogen and oxygen atoms in total. The maximum absolute atomic E-state index is 9.66. The van der Waals surface area contributed by atoms with E-state index in [0.717, 1.165) is 11.1 Å². The molecule has 1 saturated carbocycles. The largest absolute Gasteiger partial charge is 0.370 e. The lowest BCUT2D eigenvalue weighted by molar-refractivity contribution is -0.295. The highest BCUT2D eigenvalue weighted by atomic mass is 16.7. The summed E-state index contributed by atoms with van der Waals surface area (Å²) in [6, 6.07) is 18.0. The number of rotatable bonds is 13. The average molecular weight is 591 g/mol. The van der Waals surface area contributed by atoms with E-state index >= 15 is 0 Å². The first kappa shape index (κ1) is 32.1. The van der Waals surface area contributed by atoms with Crippen molar-refractivity contribution in [3.8, 4) is 0 Å². The van der Waals surface area contributed by atoms with Crippen LogP contribution in [-0.4, -0.2) is 62.4 Å². The lowest BCUT2D eigenvalue weighted by Crippen LogP contribution is -2.62. The molecule has 0 radical (unpaired) electrons. The molecule has 1 aliphatic carbocycles. The summed E-state index contributed by atoms with van der Waals surface area (Å²) in [4.78, 5) is 9.12. The van der Waals surface area contributed by atoms with Crippen LogP contribution in [0.4, 0.5) is 0 Å². The highest BCUT2D eigenvalue weighted by Gasteiger charge is 2.50. The lowest BCUT2D eigenvalue weighted by Gasteiger charge is -2.49. The maximum atomic E-state index is 9.66. The predicted molar refractivity (Wildman–Crippen MR) is 159 cm³/mol. The molecule has 0 bridgehead atoms. The van der Waals surface area contributed by atoms with Crippen molar-refractivity contribution in [3.05, 3.63) is 103 Å². The van der Waals surface area contributed by atoms with Crippen molar-refractivity contribution in [1.82, 2.24) is 5.32 Å². The average Bonchev–Trinajstić information content (AvgIpc) is 3.04. The summed E-state index contributed by atoms with van der Waals surface area (Å²) >= 11 is 0. The Morgan fingerprint density at radius 2 is 1.42 bits per heavy atom. The molecule has 2 fully saturated rings. The predicted octanol–water partition coefficient (Wildman–Crippen LogP) is 6.20. The number of ether oxygens (including phenoxy) is 4. The molecule has 2 aromatic rings. The second-order valence-corrected chi connectivity index (χ2v) is 10.9. The first-order chi connectivity index (χ1) is 21.0. The topological polar surface area (TPSA) is 195 Å². The third-order valence-electron chi connectivity index (χ3n) is 8.40. The summed E-state index contributed by atoms with van der Waals surface area (Å²) in [5, 5.41) is 15.2. The van der Waals surface area contributed by atoms with Gasteiger partial charge in [-0.05, 0) is 53.0 Å². The number of nitrogens with one attached hydrogen (secondary N) is 1. The maximum Gasteiger partial charge on any atom is 0.169 e. The van der Waals surface area contributed by atoms with E-state index < -0.39 is 30.6 Å². The van der Waals surface area contributed by atoms with Crippen LogP contribution in [0.15, 0.2) is 76.0 Å². The fraction of sp³-hybridized carbons (Fsp3) is 0.586. The molecule has 10 atom stereocenters. The Balaban J connectivity index is 1.67. The van der Waals surface area contributed by atoms with Crippen molar-refractivity contribution in [2.75, 3.05) is 13.6 Å². The van der Waals surface area contributed by atoms with Gasteiger partial charge in [-0.1, -0.05) is 89.9 Å². The van der Waals surface area contributed by atoms with Crippen LogP contribution >= 0.6 is 0 Å². The SMILES string of the molecule is CNC1C[C@H](N=[N+]=[N-])C(C)[C@@H](C)[C@@H]1O[C@H]1OC(CN=[N+]=[N-])[C@@H](OCc2ccccc2)[C@H](OCc2ccccc2)C1N=[N+]=[N-]. The fourth-order valence-corrected chi connectivity index (χ4v) is 5.88. The number of hydrogen-bond donors (Lipinski definition) is 1. The van der Waals surface area contributed by atoms with Crippen LogP contribution in [0.3, 0.4) is 0 Å². The molecule has 0 amide bonds. The molecule has 228 valence electrons. The molecular weight excluding hydrogens is 552 g/mol. The molecule has 0 aromatic heterocycles. The minimum Gasteiger partial charge on any atom is -0.370 e. The molecule has 14 heteroatoms. The van der Waals surface area contributed by atoms with Crippen molar-refractivity contribution >= 4 is 0 Å². The van der Waals surface area contributed by atoms with E-state index in [9.17, 15) is 5.53 Å². The van der Waals surface area contributed by atoms with E-state index in [2.05, 4.69) is 35.4 Å². The zero-order chi connectivity index (χ0) is 30.6. The van der Waals surface area contributed by atoms with Crippen molar-refractivity contribution < 1.29 is 18.9 Å². The summed E-state index contributed by atoms with van der Waals surface area (Å²) in [6.07, 6.45) is -3.13. The lowest BCUT2D eigenvalue weighted by atomic mass is 9.73. The second-order valence-electron chi connectivity index (χ2n) is 10.9. The molecule has 43 heavy (non-hydrogen) atoms. The zero-order valence-electron chi connectivity index (χ0n) is 24.5. The van der Waals surface area contributed by atoms with Gasteiger partial charge in [0.2, 0.25) is 0 Å². The summed E-state index contributed by atoms with van der Waals surface area (Å²) < 4.78 is 25.9. The smallest absolute Gasteiger partial charge is 0.169 e. The van der Waals surface area contributed by atoms with Crippen LogP contribution in [-0.2, 0) is 32.2 Å². The number of hydrogen-bond acceptors (Lipinski definition) is 8. The van der Waals surface area contributed by atoms with Gasteiger partial charge in [0, 0.05) is 26.8 Å². The van der Waals surface area contributed by atoms with Crippen LogP contribution in [0.1, 0.15) is 31.4 Å². The van der Waals surface area contributed by atoms with Crippen molar-refractivity contribution in [3.63, 3.8) is 0 Å². The zero-order valence-corrected chi connectivity index (χ0v) is 24.5. The molecule has 1 heterocycles. The molecule has 0 spiro atoms. The second kappa shape index (κ2) is 16.1. The summed E-state index contributed by atoms with van der Waals surface area (Å²) in [6.45, 7) is 4.48. The fourth-order valence-electron chi connectivity index (χ4n) is 5.88. The van der Waals surface area contributed by atoms with Crippen LogP contribution < -0.4 is 5.32 Å². The monoisotopic (exact) mass is 590 g/mol. The highest BCUT2D eigenvalue weighted by molar-refractivity contribution is 5.15. The van der Waals surface area contributed by atoms with Gasteiger partial charge in [-0.15, -0.1) is 0 Å². The van der Waals surface area contributed by atoms with Crippen LogP contribution in [0, 0.1) is 11.8 Å². The van der Waals surface area contributed by atoms with E-state index in [1.807, 2.05) is 81.6 Å². The van der Waals surface area contributed by atoms with Gasteiger partial charge in [0.05, 0.1) is 32.0 Å². The third-order valence-corrected chi connectivity index (χ3v) is 8.40. The van der Waals surface area contributed by atoms with Gasteiger partial charge in [0.25, 0.3) is 0 Å². The molecule has 1 N–H and O–H groups in total. The van der Waals surface area contributed by atoms with Crippen molar-refractivity contribution in [2.45, 2.75) is 82.3 Å². The van der Waals surface area contributed by atoms with E-state index in [0.29, 0.717) is 6.42 Å². The Bertz CT molecular complexity index is 1300. The minimum absolute atomic E-state index is 0.0260. The Morgan fingerprint density at radius 3 is 1.98 bits per heavy atom. The number of likely N-dealkylation sites (N-methyl/N-ethyl adjacent to an activating group) is 1. The van der Waals surface area contributed by atoms with E-state index in [1.165, 1.54) is 0 Å². The Morgan fingerprint density at radius 1 is 0.814 bits per heavy atom.